The summed E-state index contributed by atoms with van der Waals surface area (Å²) in [5.74, 6) is -0.381. The van der Waals surface area contributed by atoms with Crippen LogP contribution in [0.2, 0.25) is 0 Å². The summed E-state index contributed by atoms with van der Waals surface area (Å²) in [6.07, 6.45) is -2.45. The Morgan fingerprint density at radius 2 is 1.80 bits per heavy atom. The summed E-state index contributed by atoms with van der Waals surface area (Å²) in [5.41, 5.74) is -0.168. The molecule has 1 aromatic rings. The molecule has 0 amide bonds. The fourth-order valence-corrected chi connectivity index (χ4v) is 2.02. The van der Waals surface area contributed by atoms with Gasteiger partial charge in [-0.25, -0.2) is 8.78 Å². The molecule has 0 aliphatic heterocycles. The Bertz CT molecular complexity index is 619. The van der Waals surface area contributed by atoms with E-state index in [-0.39, 0.29) is 17.0 Å². The maximum atomic E-state index is 12.2. The number of allylic oxidation sites excluding steroid dienone is 2. The van der Waals surface area contributed by atoms with Crippen molar-refractivity contribution in [3.8, 4) is 18.2 Å². The van der Waals surface area contributed by atoms with E-state index < -0.39 is 6.43 Å². The van der Waals surface area contributed by atoms with Crippen LogP contribution in [0.5, 0.6) is 0 Å². The van der Waals surface area contributed by atoms with Crippen molar-refractivity contribution in [1.29, 1.82) is 15.8 Å². The zero-order chi connectivity index (χ0) is 15.0. The van der Waals surface area contributed by atoms with Gasteiger partial charge in [0.15, 0.2) is 5.57 Å². The molecule has 0 unspecified atom stereocenters. The van der Waals surface area contributed by atoms with Gasteiger partial charge in [-0.3, -0.25) is 0 Å². The fraction of sp³-hybridized carbons (Fsp3) is 0.154. The first-order valence-electron chi connectivity index (χ1n) is 5.34. The third-order valence-electron chi connectivity index (χ3n) is 2.10. The van der Waals surface area contributed by atoms with Gasteiger partial charge < -0.3 is 5.32 Å². The summed E-state index contributed by atoms with van der Waals surface area (Å²) >= 11 is 0.924. The Balaban J connectivity index is 3.05. The lowest BCUT2D eigenvalue weighted by molar-refractivity contribution is 0.177. The zero-order valence-electron chi connectivity index (χ0n) is 10.1. The predicted molar refractivity (Wildman–Crippen MR) is 70.7 cm³/mol. The molecule has 0 aromatic heterocycles. The standard InChI is InChI=1S/C13H8F2N4S/c14-13(15)8-20-12-4-2-1-3-10(12)19-11(7-18)9(5-16)6-17/h1-4,13,19H,8H2. The summed E-state index contributed by atoms with van der Waals surface area (Å²) in [6, 6.07) is 11.4. The number of anilines is 1. The van der Waals surface area contributed by atoms with Gasteiger partial charge in [-0.15, -0.1) is 11.8 Å². The molecule has 0 atom stereocenters. The Morgan fingerprint density at radius 1 is 1.15 bits per heavy atom. The molecule has 1 N–H and O–H groups in total. The summed E-state index contributed by atoms with van der Waals surface area (Å²) in [7, 11) is 0. The molecule has 0 heterocycles. The molecule has 1 aromatic carbocycles. The second kappa shape index (κ2) is 7.78. The van der Waals surface area contributed by atoms with Crippen molar-refractivity contribution < 1.29 is 8.78 Å². The van der Waals surface area contributed by atoms with Crippen molar-refractivity contribution >= 4 is 17.4 Å². The average molecular weight is 290 g/mol. The summed E-state index contributed by atoms with van der Waals surface area (Å²) in [6.45, 7) is 0. The molecule has 0 saturated heterocycles. The minimum Gasteiger partial charge on any atom is -0.344 e. The number of rotatable bonds is 5. The lowest BCUT2D eigenvalue weighted by Crippen LogP contribution is -2.02. The van der Waals surface area contributed by atoms with Crippen LogP contribution >= 0.6 is 11.8 Å². The van der Waals surface area contributed by atoms with E-state index in [0.717, 1.165) is 11.8 Å². The van der Waals surface area contributed by atoms with E-state index in [2.05, 4.69) is 5.32 Å². The molecular weight excluding hydrogens is 282 g/mol. The molecule has 0 aliphatic rings. The Kier molecular flexibility index (Phi) is 6.03. The van der Waals surface area contributed by atoms with Crippen LogP contribution in [0.4, 0.5) is 14.5 Å². The first-order valence-corrected chi connectivity index (χ1v) is 6.32. The van der Waals surface area contributed by atoms with Crippen LogP contribution in [0.25, 0.3) is 0 Å². The third kappa shape index (κ3) is 4.28. The molecule has 0 bridgehead atoms. The van der Waals surface area contributed by atoms with Crippen LogP contribution in [-0.2, 0) is 0 Å². The smallest absolute Gasteiger partial charge is 0.247 e. The maximum Gasteiger partial charge on any atom is 0.247 e. The number of nitrogens with one attached hydrogen (secondary N) is 1. The average Bonchev–Trinajstić information content (AvgIpc) is 2.46. The highest BCUT2D eigenvalue weighted by Gasteiger charge is 2.11. The molecule has 0 radical (unpaired) electrons. The van der Waals surface area contributed by atoms with Crippen LogP contribution in [0.15, 0.2) is 40.4 Å². The third-order valence-corrected chi connectivity index (χ3v) is 3.18. The van der Waals surface area contributed by atoms with E-state index >= 15 is 0 Å². The lowest BCUT2D eigenvalue weighted by atomic mass is 10.2. The predicted octanol–water partition coefficient (Wildman–Crippen LogP) is 3.28. The van der Waals surface area contributed by atoms with Crippen molar-refractivity contribution in [2.75, 3.05) is 11.1 Å². The van der Waals surface area contributed by atoms with Gasteiger partial charge in [-0.2, -0.15) is 15.8 Å². The Hall–Kier alpha value is -2.56. The van der Waals surface area contributed by atoms with Crippen LogP contribution in [0.3, 0.4) is 0 Å². The molecule has 100 valence electrons. The number of nitrogens with zero attached hydrogens (tertiary/aromatic N) is 3. The monoisotopic (exact) mass is 290 g/mol. The van der Waals surface area contributed by atoms with E-state index in [1.54, 1.807) is 42.5 Å². The largest absolute Gasteiger partial charge is 0.344 e. The number of alkyl halides is 2. The number of halogens is 2. The summed E-state index contributed by atoms with van der Waals surface area (Å²) in [4.78, 5) is 0.510. The first-order chi connectivity index (χ1) is 9.62. The normalized spacial score (nSPS) is 9.20. The SMILES string of the molecule is N#CC(C#N)=C(C#N)Nc1ccccc1SCC(F)F. The van der Waals surface area contributed by atoms with Crippen molar-refractivity contribution in [2.45, 2.75) is 11.3 Å². The van der Waals surface area contributed by atoms with Crippen LogP contribution in [0, 0.1) is 34.0 Å². The van der Waals surface area contributed by atoms with Gasteiger partial charge >= 0.3 is 0 Å². The van der Waals surface area contributed by atoms with E-state index in [9.17, 15) is 8.78 Å². The van der Waals surface area contributed by atoms with Crippen molar-refractivity contribution in [3.05, 3.63) is 35.5 Å². The fourth-order valence-electron chi connectivity index (χ4n) is 1.27. The molecular formula is C13H8F2N4S. The molecule has 0 aliphatic carbocycles. The van der Waals surface area contributed by atoms with E-state index in [4.69, 9.17) is 15.8 Å². The van der Waals surface area contributed by atoms with Gasteiger partial charge in [0.05, 0.1) is 11.4 Å². The minimum atomic E-state index is -2.45. The molecule has 20 heavy (non-hydrogen) atoms. The van der Waals surface area contributed by atoms with Gasteiger partial charge in [0.2, 0.25) is 6.43 Å². The summed E-state index contributed by atoms with van der Waals surface area (Å²) in [5, 5.41) is 29.0. The van der Waals surface area contributed by atoms with Gasteiger partial charge in [0, 0.05) is 4.90 Å². The number of hydrogen-bond donors (Lipinski definition) is 1. The molecule has 1 rings (SSSR count). The van der Waals surface area contributed by atoms with Crippen molar-refractivity contribution in [3.63, 3.8) is 0 Å². The van der Waals surface area contributed by atoms with Crippen LogP contribution in [-0.4, -0.2) is 12.2 Å². The lowest BCUT2D eigenvalue weighted by Gasteiger charge is -2.10. The molecule has 0 spiro atoms. The van der Waals surface area contributed by atoms with Gasteiger partial charge in [0.1, 0.15) is 23.9 Å². The molecule has 4 nitrogen and oxygen atoms in total. The Morgan fingerprint density at radius 3 is 2.35 bits per heavy atom. The van der Waals surface area contributed by atoms with Crippen LogP contribution in [0.1, 0.15) is 0 Å². The highest BCUT2D eigenvalue weighted by Crippen LogP contribution is 2.29. The zero-order valence-corrected chi connectivity index (χ0v) is 10.9. The molecule has 7 heteroatoms. The van der Waals surface area contributed by atoms with E-state index in [1.807, 2.05) is 0 Å². The molecule has 0 saturated carbocycles. The van der Waals surface area contributed by atoms with Gasteiger partial charge in [0.25, 0.3) is 0 Å². The highest BCUT2D eigenvalue weighted by atomic mass is 32.2. The number of nitriles is 3. The number of thioether (sulfide) groups is 1. The summed E-state index contributed by atoms with van der Waals surface area (Å²) < 4.78 is 24.5. The maximum absolute atomic E-state index is 12.2. The minimum absolute atomic E-state index is 0.208. The molecule has 0 fully saturated rings. The van der Waals surface area contributed by atoms with E-state index in [1.165, 1.54) is 0 Å². The number of hydrogen-bond acceptors (Lipinski definition) is 5. The second-order valence-electron chi connectivity index (χ2n) is 3.41. The van der Waals surface area contributed by atoms with Crippen molar-refractivity contribution in [1.82, 2.24) is 0 Å². The highest BCUT2D eigenvalue weighted by molar-refractivity contribution is 7.99. The number of para-hydroxylation sites is 1. The first kappa shape index (κ1) is 15.5. The Labute approximate surface area is 118 Å². The van der Waals surface area contributed by atoms with Crippen molar-refractivity contribution in [2.24, 2.45) is 0 Å². The van der Waals surface area contributed by atoms with Gasteiger partial charge in [-0.05, 0) is 12.1 Å². The van der Waals surface area contributed by atoms with Gasteiger partial charge in [-0.1, -0.05) is 12.1 Å². The van der Waals surface area contributed by atoms with E-state index in [0.29, 0.717) is 10.6 Å². The topological polar surface area (TPSA) is 83.4 Å². The second-order valence-corrected chi connectivity index (χ2v) is 4.47. The number of benzene rings is 1. The van der Waals surface area contributed by atoms with Crippen LogP contribution < -0.4 is 5.32 Å². The quantitative estimate of drug-likeness (QED) is 0.664.